The van der Waals surface area contributed by atoms with Gasteiger partial charge in [-0.3, -0.25) is 0 Å². The van der Waals surface area contributed by atoms with Gasteiger partial charge in [0.15, 0.2) is 0 Å². The molecule has 1 aliphatic carbocycles. The van der Waals surface area contributed by atoms with Gasteiger partial charge < -0.3 is 4.74 Å². The standard InChI is InChI=1S/C11H21O/c1-4-11(3,5-2)12-9-8-10-6-7-10/h10H,3-9H2,1-2H3. The molecule has 0 aliphatic heterocycles. The Hall–Kier alpha value is -0.0400. The zero-order valence-electron chi connectivity index (χ0n) is 8.44. The lowest BCUT2D eigenvalue weighted by atomic mass is 10.0. The molecule has 0 atom stereocenters. The van der Waals surface area contributed by atoms with E-state index < -0.39 is 0 Å². The van der Waals surface area contributed by atoms with Gasteiger partial charge in [-0.25, -0.2) is 0 Å². The molecule has 1 aliphatic rings. The first kappa shape index (κ1) is 10.0. The summed E-state index contributed by atoms with van der Waals surface area (Å²) in [6.45, 7) is 9.31. The molecule has 1 rings (SSSR count). The predicted molar refractivity (Wildman–Crippen MR) is 52.0 cm³/mol. The fraction of sp³-hybridized carbons (Fsp3) is 0.909. The molecule has 0 heterocycles. The molecule has 1 fully saturated rings. The Morgan fingerprint density at radius 3 is 2.33 bits per heavy atom. The molecule has 12 heavy (non-hydrogen) atoms. The number of ether oxygens (including phenoxy) is 1. The average molecular weight is 169 g/mol. The third kappa shape index (κ3) is 3.14. The SMILES string of the molecule is [CH2]C(CC)(CC)OCCC1CC1. The first-order chi connectivity index (χ1) is 5.70. The van der Waals surface area contributed by atoms with Crippen LogP contribution in [0.4, 0.5) is 0 Å². The van der Waals surface area contributed by atoms with Crippen molar-refractivity contribution in [2.75, 3.05) is 6.61 Å². The number of hydrogen-bond donors (Lipinski definition) is 0. The van der Waals surface area contributed by atoms with Crippen molar-refractivity contribution in [2.24, 2.45) is 5.92 Å². The predicted octanol–water partition coefficient (Wildman–Crippen LogP) is 3.20. The molecule has 0 saturated heterocycles. The van der Waals surface area contributed by atoms with Crippen LogP contribution in [0, 0.1) is 12.8 Å². The molecule has 1 heteroatoms. The largest absolute Gasteiger partial charge is 0.375 e. The molecule has 0 unspecified atom stereocenters. The Bertz CT molecular complexity index is 123. The van der Waals surface area contributed by atoms with Crippen molar-refractivity contribution in [3.8, 4) is 0 Å². The van der Waals surface area contributed by atoms with Gasteiger partial charge in [0.2, 0.25) is 0 Å². The van der Waals surface area contributed by atoms with Gasteiger partial charge in [0.05, 0.1) is 5.60 Å². The normalized spacial score (nSPS) is 18.2. The molecule has 0 bridgehead atoms. The van der Waals surface area contributed by atoms with Gasteiger partial charge in [-0.15, -0.1) is 0 Å². The second kappa shape index (κ2) is 4.27. The zero-order chi connectivity index (χ0) is 9.03. The van der Waals surface area contributed by atoms with Crippen molar-refractivity contribution in [1.29, 1.82) is 0 Å². The molecule has 0 spiro atoms. The quantitative estimate of drug-likeness (QED) is 0.593. The van der Waals surface area contributed by atoms with E-state index in [1.54, 1.807) is 0 Å². The van der Waals surface area contributed by atoms with Gasteiger partial charge in [-0.05, 0) is 32.1 Å². The van der Waals surface area contributed by atoms with E-state index in [-0.39, 0.29) is 5.60 Å². The second-order valence-electron chi connectivity index (χ2n) is 3.97. The molecule has 0 amide bonds. The van der Waals surface area contributed by atoms with Crippen LogP contribution in [0.1, 0.15) is 46.0 Å². The van der Waals surface area contributed by atoms with E-state index in [2.05, 4.69) is 20.8 Å². The number of hydrogen-bond acceptors (Lipinski definition) is 1. The van der Waals surface area contributed by atoms with E-state index >= 15 is 0 Å². The summed E-state index contributed by atoms with van der Waals surface area (Å²) in [5, 5.41) is 0. The summed E-state index contributed by atoms with van der Waals surface area (Å²) in [4.78, 5) is 0. The molecule has 0 aromatic heterocycles. The zero-order valence-corrected chi connectivity index (χ0v) is 8.44. The molecular formula is C11H21O. The molecular weight excluding hydrogens is 148 g/mol. The first-order valence-electron chi connectivity index (χ1n) is 5.19. The van der Waals surface area contributed by atoms with E-state index in [0.29, 0.717) is 0 Å². The van der Waals surface area contributed by atoms with Crippen molar-refractivity contribution in [3.63, 3.8) is 0 Å². The van der Waals surface area contributed by atoms with Gasteiger partial charge in [-0.2, -0.15) is 0 Å². The smallest absolute Gasteiger partial charge is 0.0678 e. The summed E-state index contributed by atoms with van der Waals surface area (Å²) < 4.78 is 5.77. The van der Waals surface area contributed by atoms with E-state index in [1.165, 1.54) is 19.3 Å². The summed E-state index contributed by atoms with van der Waals surface area (Å²) in [7, 11) is 0. The maximum absolute atomic E-state index is 5.77. The van der Waals surface area contributed by atoms with Gasteiger partial charge in [0.1, 0.15) is 0 Å². The molecule has 0 N–H and O–H groups in total. The first-order valence-corrected chi connectivity index (χ1v) is 5.19. The lowest BCUT2D eigenvalue weighted by Gasteiger charge is -2.26. The highest BCUT2D eigenvalue weighted by Crippen LogP contribution is 2.33. The monoisotopic (exact) mass is 169 g/mol. The van der Waals surface area contributed by atoms with Crippen molar-refractivity contribution >= 4 is 0 Å². The average Bonchev–Trinajstić information content (AvgIpc) is 2.88. The molecule has 0 aromatic rings. The van der Waals surface area contributed by atoms with Gasteiger partial charge in [0.25, 0.3) is 0 Å². The minimum atomic E-state index is -0.102. The summed E-state index contributed by atoms with van der Waals surface area (Å²) in [6.07, 6.45) is 6.14. The van der Waals surface area contributed by atoms with Crippen molar-refractivity contribution in [2.45, 2.75) is 51.6 Å². The second-order valence-corrected chi connectivity index (χ2v) is 3.97. The Labute approximate surface area is 76.5 Å². The van der Waals surface area contributed by atoms with Crippen LogP contribution < -0.4 is 0 Å². The maximum atomic E-state index is 5.77. The highest BCUT2D eigenvalue weighted by molar-refractivity contribution is 4.81. The van der Waals surface area contributed by atoms with E-state index in [9.17, 15) is 0 Å². The summed E-state index contributed by atoms with van der Waals surface area (Å²) in [5.74, 6) is 0.975. The highest BCUT2D eigenvalue weighted by atomic mass is 16.5. The Balaban J connectivity index is 2.08. The van der Waals surface area contributed by atoms with Gasteiger partial charge in [-0.1, -0.05) is 26.7 Å². The third-order valence-electron chi connectivity index (χ3n) is 2.92. The molecule has 1 saturated carbocycles. The van der Waals surface area contributed by atoms with E-state index in [0.717, 1.165) is 25.4 Å². The van der Waals surface area contributed by atoms with Crippen molar-refractivity contribution < 1.29 is 4.74 Å². The van der Waals surface area contributed by atoms with Crippen LogP contribution >= 0.6 is 0 Å². The third-order valence-corrected chi connectivity index (χ3v) is 2.92. The van der Waals surface area contributed by atoms with Gasteiger partial charge in [0, 0.05) is 6.61 Å². The lowest BCUT2D eigenvalue weighted by Crippen LogP contribution is -2.27. The van der Waals surface area contributed by atoms with Crippen LogP contribution in [0.15, 0.2) is 0 Å². The fourth-order valence-electron chi connectivity index (χ4n) is 1.30. The van der Waals surface area contributed by atoms with Crippen LogP contribution in [0.3, 0.4) is 0 Å². The molecule has 71 valence electrons. The van der Waals surface area contributed by atoms with Crippen LogP contribution in [0.2, 0.25) is 0 Å². The summed E-state index contributed by atoms with van der Waals surface area (Å²) in [5.41, 5.74) is -0.102. The minimum absolute atomic E-state index is 0.102. The Kier molecular flexibility index (Phi) is 3.57. The fourth-order valence-corrected chi connectivity index (χ4v) is 1.30. The van der Waals surface area contributed by atoms with Crippen LogP contribution in [-0.2, 0) is 4.74 Å². The van der Waals surface area contributed by atoms with Gasteiger partial charge >= 0.3 is 0 Å². The molecule has 0 aromatic carbocycles. The number of rotatable bonds is 6. The minimum Gasteiger partial charge on any atom is -0.375 e. The molecule has 1 nitrogen and oxygen atoms in total. The summed E-state index contributed by atoms with van der Waals surface area (Å²) in [6, 6.07) is 0. The Morgan fingerprint density at radius 2 is 1.92 bits per heavy atom. The Morgan fingerprint density at radius 1 is 1.33 bits per heavy atom. The van der Waals surface area contributed by atoms with Crippen LogP contribution in [0.25, 0.3) is 0 Å². The van der Waals surface area contributed by atoms with E-state index in [4.69, 9.17) is 4.74 Å². The summed E-state index contributed by atoms with van der Waals surface area (Å²) >= 11 is 0. The molecule has 1 radical (unpaired) electrons. The topological polar surface area (TPSA) is 9.23 Å². The maximum Gasteiger partial charge on any atom is 0.0678 e. The van der Waals surface area contributed by atoms with E-state index in [1.807, 2.05) is 0 Å². The van der Waals surface area contributed by atoms with Crippen molar-refractivity contribution in [1.82, 2.24) is 0 Å². The van der Waals surface area contributed by atoms with Crippen LogP contribution in [0.5, 0.6) is 0 Å². The highest BCUT2D eigenvalue weighted by Gasteiger charge is 2.24. The van der Waals surface area contributed by atoms with Crippen molar-refractivity contribution in [3.05, 3.63) is 6.92 Å². The lowest BCUT2D eigenvalue weighted by molar-refractivity contribution is -0.0190. The van der Waals surface area contributed by atoms with Crippen LogP contribution in [-0.4, -0.2) is 12.2 Å².